The summed E-state index contributed by atoms with van der Waals surface area (Å²) in [5.41, 5.74) is 2.63. The number of nitrogens with zero attached hydrogens (tertiary/aromatic N) is 2. The first kappa shape index (κ1) is 18.2. The van der Waals surface area contributed by atoms with Crippen molar-refractivity contribution >= 4 is 34.6 Å². The maximum absolute atomic E-state index is 6.11. The number of ether oxygens (including phenoxy) is 1. The number of aryl methyl sites for hydroxylation is 1. The van der Waals surface area contributed by atoms with Crippen LogP contribution in [0, 0.1) is 6.92 Å². The molecule has 0 amide bonds. The lowest BCUT2D eigenvalue weighted by molar-refractivity contribution is 0.376. The van der Waals surface area contributed by atoms with E-state index in [1.165, 1.54) is 0 Å². The molecule has 0 spiro atoms. The number of aromatic nitrogens is 2. The highest BCUT2D eigenvalue weighted by molar-refractivity contribution is 7.80. The van der Waals surface area contributed by atoms with Crippen molar-refractivity contribution in [3.8, 4) is 17.1 Å². The summed E-state index contributed by atoms with van der Waals surface area (Å²) in [6.45, 7) is 2.25. The fourth-order valence-electron chi connectivity index (χ4n) is 2.21. The van der Waals surface area contributed by atoms with E-state index in [0.29, 0.717) is 28.4 Å². The van der Waals surface area contributed by atoms with Gasteiger partial charge < -0.3 is 19.9 Å². The second-order valence-corrected chi connectivity index (χ2v) is 6.33. The molecule has 2 N–H and O–H groups in total. The average molecular weight is 389 g/mol. The minimum atomic E-state index is 0.308. The quantitative estimate of drug-likeness (QED) is 0.635. The number of methoxy groups -OCH3 is 1. The fraction of sp³-hybridized carbons (Fsp3) is 0.167. The molecule has 0 aliphatic heterocycles. The zero-order valence-electron chi connectivity index (χ0n) is 14.2. The van der Waals surface area contributed by atoms with Crippen LogP contribution in [0.15, 0.2) is 47.0 Å². The van der Waals surface area contributed by atoms with Gasteiger partial charge in [-0.1, -0.05) is 35.0 Å². The Bertz CT molecular complexity index is 929. The summed E-state index contributed by atoms with van der Waals surface area (Å²) in [5, 5.41) is 11.2. The molecule has 134 valence electrons. The highest BCUT2D eigenvalue weighted by atomic mass is 35.5. The Labute approximate surface area is 161 Å². The number of anilines is 1. The first-order chi connectivity index (χ1) is 12.5. The molecule has 0 radical (unpaired) electrons. The highest BCUT2D eigenvalue weighted by Crippen LogP contribution is 2.21. The van der Waals surface area contributed by atoms with Crippen LogP contribution in [0.25, 0.3) is 11.4 Å². The van der Waals surface area contributed by atoms with Crippen LogP contribution < -0.4 is 15.4 Å². The van der Waals surface area contributed by atoms with Gasteiger partial charge in [0.1, 0.15) is 5.75 Å². The largest absolute Gasteiger partial charge is 0.497 e. The Balaban J connectivity index is 1.58. The van der Waals surface area contributed by atoms with Gasteiger partial charge in [-0.25, -0.2) is 0 Å². The van der Waals surface area contributed by atoms with E-state index in [1.54, 1.807) is 7.11 Å². The predicted molar refractivity (Wildman–Crippen MR) is 106 cm³/mol. The Kier molecular flexibility index (Phi) is 5.70. The van der Waals surface area contributed by atoms with E-state index < -0.39 is 0 Å². The van der Waals surface area contributed by atoms with E-state index in [1.807, 2.05) is 49.4 Å². The summed E-state index contributed by atoms with van der Waals surface area (Å²) in [6, 6.07) is 13.1. The van der Waals surface area contributed by atoms with Crippen molar-refractivity contribution in [1.29, 1.82) is 0 Å². The van der Waals surface area contributed by atoms with Crippen LogP contribution in [0.4, 0.5) is 5.69 Å². The summed E-state index contributed by atoms with van der Waals surface area (Å²) in [5.74, 6) is 1.65. The van der Waals surface area contributed by atoms with Crippen molar-refractivity contribution in [2.75, 3.05) is 12.4 Å². The van der Waals surface area contributed by atoms with E-state index in [4.69, 9.17) is 33.1 Å². The molecule has 8 heteroatoms. The van der Waals surface area contributed by atoms with Gasteiger partial charge in [0.2, 0.25) is 11.7 Å². The molecule has 0 saturated carbocycles. The van der Waals surface area contributed by atoms with Crippen molar-refractivity contribution in [3.05, 3.63) is 58.9 Å². The minimum Gasteiger partial charge on any atom is -0.497 e. The van der Waals surface area contributed by atoms with Gasteiger partial charge in [0, 0.05) is 16.3 Å². The molecule has 0 saturated heterocycles. The number of halogens is 1. The molecule has 3 aromatic rings. The summed E-state index contributed by atoms with van der Waals surface area (Å²) in [7, 11) is 1.61. The first-order valence-electron chi connectivity index (χ1n) is 7.83. The lowest BCUT2D eigenvalue weighted by Crippen LogP contribution is -2.28. The monoisotopic (exact) mass is 388 g/mol. The number of rotatable bonds is 5. The van der Waals surface area contributed by atoms with Gasteiger partial charge in [-0.3, -0.25) is 0 Å². The maximum Gasteiger partial charge on any atom is 0.246 e. The maximum atomic E-state index is 6.11. The zero-order valence-corrected chi connectivity index (χ0v) is 15.8. The van der Waals surface area contributed by atoms with E-state index >= 15 is 0 Å². The Morgan fingerprint density at radius 1 is 1.27 bits per heavy atom. The van der Waals surface area contributed by atoms with Crippen LogP contribution in [0.5, 0.6) is 5.75 Å². The Morgan fingerprint density at radius 2 is 2.12 bits per heavy atom. The van der Waals surface area contributed by atoms with Crippen LogP contribution in [0.3, 0.4) is 0 Å². The van der Waals surface area contributed by atoms with Crippen LogP contribution in [-0.2, 0) is 6.54 Å². The molecule has 0 aliphatic carbocycles. The number of hydrogen-bond acceptors (Lipinski definition) is 5. The smallest absolute Gasteiger partial charge is 0.246 e. The third-order valence-electron chi connectivity index (χ3n) is 3.63. The number of hydrogen-bond donors (Lipinski definition) is 2. The summed E-state index contributed by atoms with van der Waals surface area (Å²) in [4.78, 5) is 4.36. The third kappa shape index (κ3) is 4.50. The fourth-order valence-corrected chi connectivity index (χ4v) is 2.58. The molecule has 26 heavy (non-hydrogen) atoms. The van der Waals surface area contributed by atoms with Gasteiger partial charge in [-0.2, -0.15) is 4.98 Å². The second-order valence-electron chi connectivity index (χ2n) is 5.52. The van der Waals surface area contributed by atoms with Crippen molar-refractivity contribution in [2.45, 2.75) is 13.5 Å². The van der Waals surface area contributed by atoms with Crippen molar-refractivity contribution < 1.29 is 9.26 Å². The second kappa shape index (κ2) is 8.16. The highest BCUT2D eigenvalue weighted by Gasteiger charge is 2.10. The topological polar surface area (TPSA) is 72.2 Å². The molecule has 1 aromatic heterocycles. The van der Waals surface area contributed by atoms with Crippen LogP contribution in [-0.4, -0.2) is 22.4 Å². The van der Waals surface area contributed by atoms with Gasteiger partial charge in [0.15, 0.2) is 5.11 Å². The van der Waals surface area contributed by atoms with Gasteiger partial charge in [-0.05, 0) is 49.0 Å². The Morgan fingerprint density at radius 3 is 2.88 bits per heavy atom. The summed E-state index contributed by atoms with van der Waals surface area (Å²) >= 11 is 11.4. The number of nitrogens with one attached hydrogen (secondary N) is 2. The molecule has 2 aromatic carbocycles. The van der Waals surface area contributed by atoms with Crippen molar-refractivity contribution in [3.63, 3.8) is 0 Å². The standard InChI is InChI=1S/C18H17ClN4O2S/c1-11-6-7-13(9-15(11)19)21-18(26)20-10-16-22-17(23-25-16)12-4-3-5-14(8-12)24-2/h3-9H,10H2,1-2H3,(H2,20,21,26). The van der Waals surface area contributed by atoms with Crippen molar-refractivity contribution in [2.24, 2.45) is 0 Å². The molecule has 0 bridgehead atoms. The lowest BCUT2D eigenvalue weighted by atomic mass is 10.2. The van der Waals surface area contributed by atoms with Crippen LogP contribution >= 0.6 is 23.8 Å². The van der Waals surface area contributed by atoms with Gasteiger partial charge in [0.25, 0.3) is 0 Å². The number of benzene rings is 2. The molecule has 3 rings (SSSR count). The average Bonchev–Trinajstić information content (AvgIpc) is 3.12. The molecule has 0 atom stereocenters. The lowest BCUT2D eigenvalue weighted by Gasteiger charge is -2.09. The molecular formula is C18H17ClN4O2S. The molecular weight excluding hydrogens is 372 g/mol. The van der Waals surface area contributed by atoms with E-state index in [-0.39, 0.29) is 0 Å². The normalized spacial score (nSPS) is 10.4. The summed E-state index contributed by atoms with van der Waals surface area (Å²) in [6.07, 6.45) is 0. The first-order valence-corrected chi connectivity index (χ1v) is 8.62. The Hall–Kier alpha value is -2.64. The molecule has 1 heterocycles. The van der Waals surface area contributed by atoms with E-state index in [2.05, 4.69) is 20.8 Å². The molecule has 6 nitrogen and oxygen atoms in total. The van der Waals surface area contributed by atoms with Gasteiger partial charge in [-0.15, -0.1) is 0 Å². The van der Waals surface area contributed by atoms with E-state index in [0.717, 1.165) is 22.6 Å². The van der Waals surface area contributed by atoms with Gasteiger partial charge in [0.05, 0.1) is 13.7 Å². The number of thiocarbonyl (C=S) groups is 1. The van der Waals surface area contributed by atoms with Gasteiger partial charge >= 0.3 is 0 Å². The van der Waals surface area contributed by atoms with Crippen LogP contribution in [0.1, 0.15) is 11.5 Å². The third-order valence-corrected chi connectivity index (χ3v) is 4.28. The minimum absolute atomic E-state index is 0.308. The zero-order chi connectivity index (χ0) is 18.5. The van der Waals surface area contributed by atoms with E-state index in [9.17, 15) is 0 Å². The molecule has 0 aliphatic rings. The van der Waals surface area contributed by atoms with Crippen molar-refractivity contribution in [1.82, 2.24) is 15.5 Å². The molecule has 0 unspecified atom stereocenters. The molecule has 0 fully saturated rings. The summed E-state index contributed by atoms with van der Waals surface area (Å²) < 4.78 is 10.5. The predicted octanol–water partition coefficient (Wildman–Crippen LogP) is 4.19. The van der Waals surface area contributed by atoms with Crippen LogP contribution in [0.2, 0.25) is 5.02 Å². The SMILES string of the molecule is COc1cccc(-c2noc(CNC(=S)Nc3ccc(C)c(Cl)c3)n2)c1.